The number of hydrogen-bond acceptors (Lipinski definition) is 6. The van der Waals surface area contributed by atoms with Crippen LogP contribution < -0.4 is 0 Å². The molecule has 1 aromatic carbocycles. The van der Waals surface area contributed by atoms with E-state index in [9.17, 15) is 4.79 Å². The van der Waals surface area contributed by atoms with Crippen molar-refractivity contribution in [3.8, 4) is 11.5 Å². The lowest BCUT2D eigenvalue weighted by Crippen LogP contribution is -2.30. The lowest BCUT2D eigenvalue weighted by Gasteiger charge is -2.22. The summed E-state index contributed by atoms with van der Waals surface area (Å²) in [7, 11) is 0. The fraction of sp³-hybridized carbons (Fsp3) is 0.208. The zero-order chi connectivity index (χ0) is 21.5. The second-order valence-electron chi connectivity index (χ2n) is 7.33. The van der Waals surface area contributed by atoms with E-state index < -0.39 is 0 Å². The van der Waals surface area contributed by atoms with Crippen molar-refractivity contribution in [2.45, 2.75) is 32.9 Å². The molecular formula is C24H23N5O2. The second kappa shape index (κ2) is 9.75. The van der Waals surface area contributed by atoms with Crippen LogP contribution >= 0.6 is 0 Å². The molecule has 0 saturated carbocycles. The number of aromatic nitrogens is 4. The van der Waals surface area contributed by atoms with Gasteiger partial charge in [-0.15, -0.1) is 10.2 Å². The Morgan fingerprint density at radius 2 is 1.68 bits per heavy atom. The second-order valence-corrected chi connectivity index (χ2v) is 7.33. The van der Waals surface area contributed by atoms with Crippen molar-refractivity contribution < 1.29 is 9.21 Å². The average Bonchev–Trinajstić information content (AvgIpc) is 3.28. The fourth-order valence-electron chi connectivity index (χ4n) is 3.19. The summed E-state index contributed by atoms with van der Waals surface area (Å²) in [5.41, 5.74) is 4.03. The molecule has 156 valence electrons. The van der Waals surface area contributed by atoms with Gasteiger partial charge in [-0.3, -0.25) is 14.8 Å². The normalized spacial score (nSPS) is 10.7. The Kier molecular flexibility index (Phi) is 6.42. The number of nitrogens with zero attached hydrogens (tertiary/aromatic N) is 5. The number of hydrogen-bond donors (Lipinski definition) is 0. The number of carbonyl (C=O) groups is 1. The summed E-state index contributed by atoms with van der Waals surface area (Å²) in [4.78, 5) is 23.1. The molecule has 0 aliphatic rings. The highest BCUT2D eigenvalue weighted by Crippen LogP contribution is 2.19. The summed E-state index contributed by atoms with van der Waals surface area (Å²) in [6.07, 6.45) is 7.62. The van der Waals surface area contributed by atoms with Crippen molar-refractivity contribution in [2.24, 2.45) is 0 Å². The number of pyridine rings is 2. The summed E-state index contributed by atoms with van der Waals surface area (Å²) in [6, 6.07) is 15.5. The molecule has 0 fully saturated rings. The largest absolute Gasteiger partial charge is 0.421 e. The molecule has 3 heterocycles. The molecular weight excluding hydrogens is 390 g/mol. The average molecular weight is 413 g/mol. The zero-order valence-corrected chi connectivity index (χ0v) is 17.3. The van der Waals surface area contributed by atoms with E-state index in [4.69, 9.17) is 4.42 Å². The van der Waals surface area contributed by atoms with Crippen molar-refractivity contribution in [1.82, 2.24) is 25.1 Å². The van der Waals surface area contributed by atoms with Gasteiger partial charge in [-0.05, 0) is 48.4 Å². The van der Waals surface area contributed by atoms with E-state index in [2.05, 4.69) is 20.2 Å². The molecule has 4 aromatic rings. The van der Waals surface area contributed by atoms with Gasteiger partial charge in [-0.25, -0.2) is 0 Å². The summed E-state index contributed by atoms with van der Waals surface area (Å²) in [6.45, 7) is 3.00. The number of carbonyl (C=O) groups excluding carboxylic acids is 1. The molecule has 31 heavy (non-hydrogen) atoms. The fourth-order valence-corrected chi connectivity index (χ4v) is 3.19. The first-order valence-corrected chi connectivity index (χ1v) is 10.1. The third-order valence-electron chi connectivity index (χ3n) is 4.89. The molecule has 0 atom stereocenters. The summed E-state index contributed by atoms with van der Waals surface area (Å²) in [5, 5.41) is 8.23. The Bertz CT molecular complexity index is 1070. The Morgan fingerprint density at radius 3 is 2.42 bits per heavy atom. The molecule has 0 N–H and O–H groups in total. The van der Waals surface area contributed by atoms with Gasteiger partial charge in [-0.1, -0.05) is 23.8 Å². The van der Waals surface area contributed by atoms with Crippen LogP contribution in [0.1, 0.15) is 29.0 Å². The predicted octanol–water partition coefficient (Wildman–Crippen LogP) is 4.00. The maximum atomic E-state index is 13.0. The SMILES string of the molecule is Cc1ccc(-c2nnc(CCC(=O)N(Cc3ccncc3)Cc3cccnc3)o2)cc1. The summed E-state index contributed by atoms with van der Waals surface area (Å²) >= 11 is 0. The quantitative estimate of drug-likeness (QED) is 0.434. The first-order valence-electron chi connectivity index (χ1n) is 10.1. The molecule has 3 aromatic heterocycles. The molecule has 1 amide bonds. The van der Waals surface area contributed by atoms with Crippen molar-refractivity contribution in [1.29, 1.82) is 0 Å². The van der Waals surface area contributed by atoms with Gasteiger partial charge in [0, 0.05) is 56.3 Å². The van der Waals surface area contributed by atoms with E-state index in [1.807, 2.05) is 60.4 Å². The minimum atomic E-state index is 0.00995. The first kappa shape index (κ1) is 20.4. The zero-order valence-electron chi connectivity index (χ0n) is 17.3. The van der Waals surface area contributed by atoms with Crippen LogP contribution in [0.2, 0.25) is 0 Å². The molecule has 0 saturated heterocycles. The third-order valence-corrected chi connectivity index (χ3v) is 4.89. The van der Waals surface area contributed by atoms with Crippen LogP contribution in [-0.4, -0.2) is 31.0 Å². The number of rotatable bonds is 8. The van der Waals surface area contributed by atoms with Crippen LogP contribution in [-0.2, 0) is 24.3 Å². The molecule has 0 bridgehead atoms. The first-order chi connectivity index (χ1) is 15.2. The lowest BCUT2D eigenvalue weighted by molar-refractivity contribution is -0.132. The highest BCUT2D eigenvalue weighted by molar-refractivity contribution is 5.76. The predicted molar refractivity (Wildman–Crippen MR) is 116 cm³/mol. The Morgan fingerprint density at radius 1 is 0.903 bits per heavy atom. The van der Waals surface area contributed by atoms with Crippen molar-refractivity contribution in [3.05, 3.63) is 95.9 Å². The van der Waals surface area contributed by atoms with E-state index in [0.29, 0.717) is 31.3 Å². The van der Waals surface area contributed by atoms with Gasteiger partial charge in [0.2, 0.25) is 17.7 Å². The Balaban J connectivity index is 1.42. The molecule has 7 nitrogen and oxygen atoms in total. The van der Waals surface area contributed by atoms with Crippen LogP contribution in [0.3, 0.4) is 0 Å². The summed E-state index contributed by atoms with van der Waals surface area (Å²) in [5.74, 6) is 0.927. The van der Waals surface area contributed by atoms with Gasteiger partial charge in [0.25, 0.3) is 0 Å². The van der Waals surface area contributed by atoms with E-state index in [1.54, 1.807) is 24.8 Å². The Labute approximate surface area is 180 Å². The van der Waals surface area contributed by atoms with Crippen LogP contribution in [0.5, 0.6) is 0 Å². The number of amides is 1. The minimum Gasteiger partial charge on any atom is -0.421 e. The topological polar surface area (TPSA) is 85.0 Å². The van der Waals surface area contributed by atoms with Crippen molar-refractivity contribution in [3.63, 3.8) is 0 Å². The van der Waals surface area contributed by atoms with Crippen LogP contribution in [0, 0.1) is 6.92 Å². The third kappa shape index (κ3) is 5.60. The standard InChI is InChI=1S/C24H23N5O2/c1-18-4-6-21(7-5-18)24-28-27-22(31-24)8-9-23(30)29(16-19-10-13-25-14-11-19)17-20-3-2-12-26-15-20/h2-7,10-15H,8-9,16-17H2,1H3. The maximum absolute atomic E-state index is 13.0. The van der Waals surface area contributed by atoms with Gasteiger partial charge in [0.05, 0.1) is 0 Å². The highest BCUT2D eigenvalue weighted by atomic mass is 16.4. The monoisotopic (exact) mass is 413 g/mol. The van der Waals surface area contributed by atoms with E-state index in [0.717, 1.165) is 22.3 Å². The van der Waals surface area contributed by atoms with Gasteiger partial charge >= 0.3 is 0 Å². The van der Waals surface area contributed by atoms with Gasteiger partial charge < -0.3 is 9.32 Å². The van der Waals surface area contributed by atoms with Gasteiger partial charge in [-0.2, -0.15) is 0 Å². The Hall–Kier alpha value is -3.87. The molecule has 0 aliphatic heterocycles. The van der Waals surface area contributed by atoms with E-state index in [1.165, 1.54) is 0 Å². The van der Waals surface area contributed by atoms with Crippen molar-refractivity contribution >= 4 is 5.91 Å². The lowest BCUT2D eigenvalue weighted by atomic mass is 10.1. The molecule has 0 unspecified atom stereocenters. The molecule has 0 radical (unpaired) electrons. The van der Waals surface area contributed by atoms with Crippen LogP contribution in [0.15, 0.2) is 77.7 Å². The molecule has 0 spiro atoms. The van der Waals surface area contributed by atoms with E-state index in [-0.39, 0.29) is 12.3 Å². The van der Waals surface area contributed by atoms with Gasteiger partial charge in [0.15, 0.2) is 0 Å². The molecule has 0 aliphatic carbocycles. The highest BCUT2D eigenvalue weighted by Gasteiger charge is 2.17. The summed E-state index contributed by atoms with van der Waals surface area (Å²) < 4.78 is 5.77. The van der Waals surface area contributed by atoms with Gasteiger partial charge in [0.1, 0.15) is 0 Å². The number of benzene rings is 1. The number of aryl methyl sites for hydroxylation is 2. The minimum absolute atomic E-state index is 0.00995. The van der Waals surface area contributed by atoms with Crippen molar-refractivity contribution in [2.75, 3.05) is 0 Å². The molecule has 7 heteroatoms. The smallest absolute Gasteiger partial charge is 0.247 e. The van der Waals surface area contributed by atoms with Crippen LogP contribution in [0.4, 0.5) is 0 Å². The van der Waals surface area contributed by atoms with Crippen LogP contribution in [0.25, 0.3) is 11.5 Å². The maximum Gasteiger partial charge on any atom is 0.247 e. The molecule has 4 rings (SSSR count). The van der Waals surface area contributed by atoms with E-state index >= 15 is 0 Å².